The van der Waals surface area contributed by atoms with Crippen LogP contribution in [-0.2, 0) is 9.47 Å². The Bertz CT molecular complexity index is 370. The van der Waals surface area contributed by atoms with Gasteiger partial charge < -0.3 is 14.4 Å². The molecule has 0 bridgehead atoms. The van der Waals surface area contributed by atoms with Gasteiger partial charge in [0.2, 0.25) is 0 Å². The van der Waals surface area contributed by atoms with E-state index in [0.29, 0.717) is 6.04 Å². The summed E-state index contributed by atoms with van der Waals surface area (Å²) in [5.74, 6) is 0. The Morgan fingerprint density at radius 3 is 1.34 bits per heavy atom. The second kappa shape index (κ2) is 26.9. The Kier molecular flexibility index (Phi) is 26.5. The molecule has 3 heteroatoms. The molecule has 3 nitrogen and oxygen atoms in total. The minimum Gasteiger partial charge on any atom is -0.380 e. The third-order valence-electron chi connectivity index (χ3n) is 6.29. The topological polar surface area (TPSA) is 21.7 Å². The third kappa shape index (κ3) is 24.3. The van der Waals surface area contributed by atoms with Crippen molar-refractivity contribution >= 4 is 0 Å². The van der Waals surface area contributed by atoms with Gasteiger partial charge in [-0.2, -0.15) is 0 Å². The van der Waals surface area contributed by atoms with Gasteiger partial charge in [-0.3, -0.25) is 0 Å². The molecule has 192 valence electrons. The molecule has 0 aliphatic heterocycles. The van der Waals surface area contributed by atoms with E-state index in [1.165, 1.54) is 116 Å². The van der Waals surface area contributed by atoms with Crippen molar-refractivity contribution < 1.29 is 9.47 Å². The summed E-state index contributed by atoms with van der Waals surface area (Å²) < 4.78 is 11.9. The second-order valence-electron chi connectivity index (χ2n) is 9.77. The zero-order valence-electron chi connectivity index (χ0n) is 22.6. The van der Waals surface area contributed by atoms with E-state index in [4.69, 9.17) is 9.47 Å². The molecule has 0 aliphatic rings. The summed E-state index contributed by atoms with van der Waals surface area (Å²) in [5.41, 5.74) is 0. The van der Waals surface area contributed by atoms with Gasteiger partial charge in [0.1, 0.15) is 0 Å². The average Bonchev–Trinajstić information content (AvgIpc) is 2.78. The monoisotopic (exact) mass is 453 g/mol. The van der Waals surface area contributed by atoms with Crippen LogP contribution in [0.2, 0.25) is 0 Å². The summed E-state index contributed by atoms with van der Waals surface area (Å²) >= 11 is 0. The summed E-state index contributed by atoms with van der Waals surface area (Å²) in [6.45, 7) is 7.90. The molecule has 0 aromatic carbocycles. The smallest absolute Gasteiger partial charge is 0.0644 e. The number of hydrogen-bond donors (Lipinski definition) is 0. The van der Waals surface area contributed by atoms with Gasteiger partial charge in [-0.05, 0) is 52.6 Å². The lowest BCUT2D eigenvalue weighted by molar-refractivity contribution is 0.0197. The van der Waals surface area contributed by atoms with Crippen molar-refractivity contribution in [2.75, 3.05) is 40.5 Å². The van der Waals surface area contributed by atoms with E-state index < -0.39 is 0 Å². The van der Waals surface area contributed by atoms with E-state index >= 15 is 0 Å². The average molecular weight is 454 g/mol. The van der Waals surface area contributed by atoms with E-state index in [2.05, 4.69) is 45.0 Å². The molecule has 1 unspecified atom stereocenters. The van der Waals surface area contributed by atoms with Crippen LogP contribution >= 0.6 is 0 Å². The Labute approximate surface area is 202 Å². The lowest BCUT2D eigenvalue weighted by Crippen LogP contribution is -2.37. The minimum absolute atomic E-state index is 0.370. The van der Waals surface area contributed by atoms with E-state index in [-0.39, 0.29) is 0 Å². The van der Waals surface area contributed by atoms with Crippen molar-refractivity contribution in [1.82, 2.24) is 4.90 Å². The molecule has 0 N–H and O–H groups in total. The first kappa shape index (κ1) is 31.6. The van der Waals surface area contributed by atoms with Gasteiger partial charge in [0, 0.05) is 13.2 Å². The summed E-state index contributed by atoms with van der Waals surface area (Å²) in [6, 6.07) is 0.370. The predicted molar refractivity (Wildman–Crippen MR) is 143 cm³/mol. The number of likely N-dealkylation sites (N-methyl/N-ethyl adjacent to an activating group) is 1. The standard InChI is InChI=1S/C29H59NO2/c1-5-7-9-11-13-14-15-16-17-18-19-20-22-24-26-32-28-29(30(3)4)27-31-25-23-21-12-10-8-6-2/h14-15,29H,5-13,16-28H2,1-4H3. The summed E-state index contributed by atoms with van der Waals surface area (Å²) in [7, 11) is 4.26. The molecule has 0 aliphatic carbocycles. The molecule has 1 atom stereocenters. The van der Waals surface area contributed by atoms with Crippen molar-refractivity contribution in [3.8, 4) is 0 Å². The fraction of sp³-hybridized carbons (Fsp3) is 0.931. The van der Waals surface area contributed by atoms with Crippen molar-refractivity contribution in [2.45, 2.75) is 135 Å². The van der Waals surface area contributed by atoms with Crippen LogP contribution in [0.5, 0.6) is 0 Å². The van der Waals surface area contributed by atoms with E-state index in [9.17, 15) is 0 Å². The van der Waals surface area contributed by atoms with E-state index in [1.54, 1.807) is 0 Å². The number of ether oxygens (including phenoxy) is 2. The van der Waals surface area contributed by atoms with Crippen LogP contribution in [0.1, 0.15) is 129 Å². The van der Waals surface area contributed by atoms with Crippen LogP contribution < -0.4 is 0 Å². The normalized spacial score (nSPS) is 12.9. The fourth-order valence-electron chi connectivity index (χ4n) is 3.87. The molecule has 0 aromatic rings. The van der Waals surface area contributed by atoms with Gasteiger partial charge in [0.05, 0.1) is 19.3 Å². The van der Waals surface area contributed by atoms with Crippen LogP contribution in [0, 0.1) is 0 Å². The van der Waals surface area contributed by atoms with Crippen LogP contribution in [0.25, 0.3) is 0 Å². The highest BCUT2D eigenvalue weighted by Gasteiger charge is 2.11. The summed E-state index contributed by atoms with van der Waals surface area (Å²) in [4.78, 5) is 2.24. The maximum absolute atomic E-state index is 5.96. The van der Waals surface area contributed by atoms with Gasteiger partial charge in [0.25, 0.3) is 0 Å². The van der Waals surface area contributed by atoms with Crippen LogP contribution in [-0.4, -0.2) is 51.5 Å². The minimum atomic E-state index is 0.370. The van der Waals surface area contributed by atoms with Gasteiger partial charge in [-0.15, -0.1) is 0 Å². The lowest BCUT2D eigenvalue weighted by Gasteiger charge is -2.24. The highest BCUT2D eigenvalue weighted by Crippen LogP contribution is 2.09. The van der Waals surface area contributed by atoms with Crippen molar-refractivity contribution in [2.24, 2.45) is 0 Å². The van der Waals surface area contributed by atoms with Gasteiger partial charge >= 0.3 is 0 Å². The molecule has 0 heterocycles. The molecule has 0 saturated heterocycles. The SMILES string of the molecule is CCCCCCC=CCCCCCCCCOCC(COCCCCCCCC)N(C)C. The Morgan fingerprint density at radius 2 is 0.906 bits per heavy atom. The molecule has 0 saturated carbocycles. The molecule has 0 amide bonds. The molecule has 0 rings (SSSR count). The fourth-order valence-corrected chi connectivity index (χ4v) is 3.87. The van der Waals surface area contributed by atoms with Crippen LogP contribution in [0.3, 0.4) is 0 Å². The number of allylic oxidation sites excluding steroid dienone is 2. The van der Waals surface area contributed by atoms with Gasteiger partial charge in [-0.25, -0.2) is 0 Å². The molecule has 0 spiro atoms. The zero-order chi connectivity index (χ0) is 23.5. The maximum Gasteiger partial charge on any atom is 0.0644 e. The predicted octanol–water partition coefficient (Wildman–Crippen LogP) is 8.57. The van der Waals surface area contributed by atoms with Crippen LogP contribution in [0.4, 0.5) is 0 Å². The van der Waals surface area contributed by atoms with Crippen LogP contribution in [0.15, 0.2) is 12.2 Å². The first-order valence-electron chi connectivity index (χ1n) is 14.2. The number of hydrogen-bond acceptors (Lipinski definition) is 3. The molecular weight excluding hydrogens is 394 g/mol. The van der Waals surface area contributed by atoms with Gasteiger partial charge in [-0.1, -0.05) is 103 Å². The highest BCUT2D eigenvalue weighted by molar-refractivity contribution is 4.81. The molecule has 0 aromatic heterocycles. The van der Waals surface area contributed by atoms with Crippen molar-refractivity contribution in [3.05, 3.63) is 12.2 Å². The van der Waals surface area contributed by atoms with E-state index in [1.807, 2.05) is 0 Å². The molecule has 0 fully saturated rings. The number of unbranched alkanes of at least 4 members (excludes halogenated alkanes) is 15. The van der Waals surface area contributed by atoms with Gasteiger partial charge in [0.15, 0.2) is 0 Å². The highest BCUT2D eigenvalue weighted by atomic mass is 16.5. The molecule has 0 radical (unpaired) electrons. The Morgan fingerprint density at radius 1 is 0.531 bits per heavy atom. The zero-order valence-corrected chi connectivity index (χ0v) is 22.6. The summed E-state index contributed by atoms with van der Waals surface area (Å²) in [6.07, 6.45) is 28.7. The van der Waals surface area contributed by atoms with Crippen molar-refractivity contribution in [1.29, 1.82) is 0 Å². The summed E-state index contributed by atoms with van der Waals surface area (Å²) in [5, 5.41) is 0. The lowest BCUT2D eigenvalue weighted by atomic mass is 10.1. The first-order chi connectivity index (χ1) is 15.7. The molecular formula is C29H59NO2. The van der Waals surface area contributed by atoms with E-state index in [0.717, 1.165) is 26.4 Å². The number of rotatable bonds is 26. The largest absolute Gasteiger partial charge is 0.380 e. The Hall–Kier alpha value is -0.380. The number of nitrogens with zero attached hydrogens (tertiary/aromatic N) is 1. The quantitative estimate of drug-likeness (QED) is 0.0966. The first-order valence-corrected chi connectivity index (χ1v) is 14.2. The maximum atomic E-state index is 5.96. The van der Waals surface area contributed by atoms with Crippen molar-refractivity contribution in [3.63, 3.8) is 0 Å². The molecule has 32 heavy (non-hydrogen) atoms. The third-order valence-corrected chi connectivity index (χ3v) is 6.29. The Balaban J connectivity index is 3.42. The second-order valence-corrected chi connectivity index (χ2v) is 9.77.